The molecule has 2 atom stereocenters. The van der Waals surface area contributed by atoms with Crippen molar-refractivity contribution >= 4 is 5.69 Å². The largest absolute Gasteiger partial charge is 0.381 e. The third kappa shape index (κ3) is 2.06. The molecule has 76 valence electrons. The first-order chi connectivity index (χ1) is 6.75. The van der Waals surface area contributed by atoms with E-state index in [0.29, 0.717) is 6.04 Å². The van der Waals surface area contributed by atoms with Gasteiger partial charge in [-0.25, -0.2) is 0 Å². The van der Waals surface area contributed by atoms with Crippen LogP contribution in [0.3, 0.4) is 0 Å². The van der Waals surface area contributed by atoms with Crippen LogP contribution >= 0.6 is 0 Å². The predicted molar refractivity (Wildman–Crippen MR) is 59.4 cm³/mol. The summed E-state index contributed by atoms with van der Waals surface area (Å²) in [5.74, 6) is 0.879. The maximum atomic E-state index is 4.28. The van der Waals surface area contributed by atoms with Crippen LogP contribution in [0, 0.1) is 12.8 Å². The lowest BCUT2D eigenvalue weighted by atomic mass is 10.1. The Balaban J connectivity index is 2.01. The molecule has 0 bridgehead atoms. The molecule has 1 N–H and O–H groups in total. The molecule has 14 heavy (non-hydrogen) atoms. The summed E-state index contributed by atoms with van der Waals surface area (Å²) in [7, 11) is 0. The number of nitrogens with one attached hydrogen (secondary N) is 1. The molecule has 0 saturated heterocycles. The number of aromatic nitrogens is 1. The highest BCUT2D eigenvalue weighted by Gasteiger charge is 2.21. The van der Waals surface area contributed by atoms with Gasteiger partial charge in [-0.15, -0.1) is 0 Å². The lowest BCUT2D eigenvalue weighted by molar-refractivity contribution is 0.602. The van der Waals surface area contributed by atoms with Crippen LogP contribution in [0.2, 0.25) is 0 Å². The molecule has 2 nitrogen and oxygen atoms in total. The lowest BCUT2D eigenvalue weighted by Crippen LogP contribution is -2.16. The summed E-state index contributed by atoms with van der Waals surface area (Å²) < 4.78 is 0. The van der Waals surface area contributed by atoms with E-state index in [-0.39, 0.29) is 0 Å². The van der Waals surface area contributed by atoms with Gasteiger partial charge < -0.3 is 5.32 Å². The van der Waals surface area contributed by atoms with Crippen molar-refractivity contribution in [3.05, 3.63) is 24.0 Å². The Morgan fingerprint density at radius 1 is 1.43 bits per heavy atom. The topological polar surface area (TPSA) is 24.9 Å². The molecule has 0 amide bonds. The van der Waals surface area contributed by atoms with Gasteiger partial charge in [0.25, 0.3) is 0 Å². The summed E-state index contributed by atoms with van der Waals surface area (Å²) in [6.45, 7) is 4.39. The number of nitrogens with zero attached hydrogens (tertiary/aromatic N) is 1. The summed E-state index contributed by atoms with van der Waals surface area (Å²) in [5.41, 5.74) is 2.30. The number of hydrogen-bond acceptors (Lipinski definition) is 2. The molecule has 2 rings (SSSR count). The van der Waals surface area contributed by atoms with Crippen molar-refractivity contribution in [3.63, 3.8) is 0 Å². The molecule has 0 unspecified atom stereocenters. The third-order valence-electron chi connectivity index (χ3n) is 3.06. The molecular weight excluding hydrogens is 172 g/mol. The molecular formula is C12H18N2. The SMILES string of the molecule is Cc1ncccc1N[C@@H]1CC[C@@H](C)C1. The van der Waals surface area contributed by atoms with Crippen LogP contribution in [0.25, 0.3) is 0 Å². The van der Waals surface area contributed by atoms with Crippen molar-refractivity contribution < 1.29 is 0 Å². The quantitative estimate of drug-likeness (QED) is 0.775. The van der Waals surface area contributed by atoms with Crippen molar-refractivity contribution in [1.82, 2.24) is 4.98 Å². The molecule has 1 saturated carbocycles. The van der Waals surface area contributed by atoms with E-state index in [0.717, 1.165) is 11.6 Å². The minimum atomic E-state index is 0.660. The molecule has 0 aromatic carbocycles. The number of anilines is 1. The number of rotatable bonds is 2. The predicted octanol–water partition coefficient (Wildman–Crippen LogP) is 2.99. The summed E-state index contributed by atoms with van der Waals surface area (Å²) >= 11 is 0. The van der Waals surface area contributed by atoms with Crippen LogP contribution in [0.1, 0.15) is 31.9 Å². The number of hydrogen-bond donors (Lipinski definition) is 1. The monoisotopic (exact) mass is 190 g/mol. The molecule has 2 heteroatoms. The molecule has 0 spiro atoms. The molecule has 0 radical (unpaired) electrons. The van der Waals surface area contributed by atoms with E-state index in [4.69, 9.17) is 0 Å². The Morgan fingerprint density at radius 3 is 2.93 bits per heavy atom. The van der Waals surface area contributed by atoms with Gasteiger partial charge in [0.1, 0.15) is 0 Å². The fourth-order valence-electron chi connectivity index (χ4n) is 2.19. The molecule has 1 aliphatic rings. The molecule has 1 aromatic rings. The van der Waals surface area contributed by atoms with Gasteiger partial charge in [-0.05, 0) is 44.2 Å². The molecule has 1 heterocycles. The minimum absolute atomic E-state index is 0.660. The van der Waals surface area contributed by atoms with Crippen molar-refractivity contribution in [2.45, 2.75) is 39.2 Å². The van der Waals surface area contributed by atoms with Gasteiger partial charge in [0, 0.05) is 12.2 Å². The van der Waals surface area contributed by atoms with Crippen LogP contribution in [0.5, 0.6) is 0 Å². The van der Waals surface area contributed by atoms with E-state index in [1.54, 1.807) is 0 Å². The number of pyridine rings is 1. The molecule has 1 fully saturated rings. The second kappa shape index (κ2) is 3.99. The average Bonchev–Trinajstić information content (AvgIpc) is 2.56. The number of aryl methyl sites for hydroxylation is 1. The Morgan fingerprint density at radius 2 is 2.29 bits per heavy atom. The Hall–Kier alpha value is -1.05. The van der Waals surface area contributed by atoms with E-state index in [9.17, 15) is 0 Å². The first-order valence-electron chi connectivity index (χ1n) is 5.44. The van der Waals surface area contributed by atoms with Crippen molar-refractivity contribution in [2.75, 3.05) is 5.32 Å². The van der Waals surface area contributed by atoms with Crippen molar-refractivity contribution in [3.8, 4) is 0 Å². The normalized spacial score (nSPS) is 26.4. The lowest BCUT2D eigenvalue weighted by Gasteiger charge is -2.15. The van der Waals surface area contributed by atoms with E-state index < -0.39 is 0 Å². The van der Waals surface area contributed by atoms with Crippen LogP contribution in [0.4, 0.5) is 5.69 Å². The smallest absolute Gasteiger partial charge is 0.0603 e. The van der Waals surface area contributed by atoms with Gasteiger partial charge in [-0.1, -0.05) is 6.92 Å². The van der Waals surface area contributed by atoms with Gasteiger partial charge in [0.2, 0.25) is 0 Å². The fraction of sp³-hybridized carbons (Fsp3) is 0.583. The van der Waals surface area contributed by atoms with Crippen LogP contribution in [-0.4, -0.2) is 11.0 Å². The summed E-state index contributed by atoms with van der Waals surface area (Å²) in [6.07, 6.45) is 5.80. The van der Waals surface area contributed by atoms with E-state index >= 15 is 0 Å². The average molecular weight is 190 g/mol. The highest BCUT2D eigenvalue weighted by Crippen LogP contribution is 2.27. The molecule has 1 aromatic heterocycles. The van der Waals surface area contributed by atoms with Crippen LogP contribution in [0.15, 0.2) is 18.3 Å². The summed E-state index contributed by atoms with van der Waals surface area (Å²) in [6, 6.07) is 4.77. The van der Waals surface area contributed by atoms with Gasteiger partial charge in [-0.3, -0.25) is 4.98 Å². The van der Waals surface area contributed by atoms with Crippen molar-refractivity contribution in [1.29, 1.82) is 0 Å². The zero-order chi connectivity index (χ0) is 9.97. The second-order valence-corrected chi connectivity index (χ2v) is 4.40. The summed E-state index contributed by atoms with van der Waals surface area (Å²) in [4.78, 5) is 4.28. The van der Waals surface area contributed by atoms with E-state index in [2.05, 4.69) is 30.2 Å². The fourth-order valence-corrected chi connectivity index (χ4v) is 2.19. The standard InChI is InChI=1S/C12H18N2/c1-9-5-6-11(8-9)14-12-4-3-7-13-10(12)2/h3-4,7,9,11,14H,5-6,8H2,1-2H3/t9-,11-/m1/s1. The van der Waals surface area contributed by atoms with Gasteiger partial charge in [0.15, 0.2) is 0 Å². The van der Waals surface area contributed by atoms with Gasteiger partial charge >= 0.3 is 0 Å². The Bertz CT molecular complexity index is 309. The van der Waals surface area contributed by atoms with Crippen molar-refractivity contribution in [2.24, 2.45) is 5.92 Å². The van der Waals surface area contributed by atoms with E-state index in [1.165, 1.54) is 24.9 Å². The van der Waals surface area contributed by atoms with Gasteiger partial charge in [-0.2, -0.15) is 0 Å². The zero-order valence-electron chi connectivity index (χ0n) is 8.96. The first kappa shape index (κ1) is 9.50. The summed E-state index contributed by atoms with van der Waals surface area (Å²) in [5, 5.41) is 3.58. The maximum absolute atomic E-state index is 4.28. The minimum Gasteiger partial charge on any atom is -0.381 e. The molecule has 0 aliphatic heterocycles. The maximum Gasteiger partial charge on any atom is 0.0603 e. The van der Waals surface area contributed by atoms with Crippen LogP contribution in [-0.2, 0) is 0 Å². The Labute approximate surface area is 85.7 Å². The third-order valence-corrected chi connectivity index (χ3v) is 3.06. The van der Waals surface area contributed by atoms with Gasteiger partial charge in [0.05, 0.1) is 11.4 Å². The van der Waals surface area contributed by atoms with E-state index in [1.807, 2.05) is 12.3 Å². The highest BCUT2D eigenvalue weighted by molar-refractivity contribution is 5.47. The zero-order valence-corrected chi connectivity index (χ0v) is 8.96. The highest BCUT2D eigenvalue weighted by atomic mass is 14.9. The Kier molecular flexibility index (Phi) is 2.71. The van der Waals surface area contributed by atoms with Crippen LogP contribution < -0.4 is 5.32 Å². The first-order valence-corrected chi connectivity index (χ1v) is 5.44. The second-order valence-electron chi connectivity index (χ2n) is 4.40. The molecule has 1 aliphatic carbocycles.